The highest BCUT2D eigenvalue weighted by molar-refractivity contribution is 5.94. The molecule has 2 aromatic rings. The normalized spacial score (nSPS) is 22.5. The lowest BCUT2D eigenvalue weighted by Crippen LogP contribution is -2.46. The number of amides is 1. The Morgan fingerprint density at radius 1 is 1.06 bits per heavy atom. The average Bonchev–Trinajstić information content (AvgIpc) is 3.35. The van der Waals surface area contributed by atoms with Crippen molar-refractivity contribution in [2.24, 2.45) is 0 Å². The lowest BCUT2D eigenvalue weighted by Gasteiger charge is -2.41. The van der Waals surface area contributed by atoms with E-state index in [1.165, 1.54) is 30.4 Å². The van der Waals surface area contributed by atoms with Crippen LogP contribution in [0, 0.1) is 0 Å². The minimum atomic E-state index is -2.80. The van der Waals surface area contributed by atoms with Crippen molar-refractivity contribution in [3.63, 3.8) is 0 Å². The van der Waals surface area contributed by atoms with Gasteiger partial charge in [-0.3, -0.25) is 4.79 Å². The van der Waals surface area contributed by atoms with E-state index in [0.29, 0.717) is 5.56 Å². The van der Waals surface area contributed by atoms with E-state index in [9.17, 15) is 13.6 Å². The molecule has 0 radical (unpaired) electrons. The maximum Gasteiger partial charge on any atom is 0.267 e. The summed E-state index contributed by atoms with van der Waals surface area (Å²) in [6, 6.07) is 8.41. The number of aromatic nitrogens is 2. The number of carbonyl (C=O) groups is 1. The van der Waals surface area contributed by atoms with Gasteiger partial charge in [0.15, 0.2) is 0 Å². The lowest BCUT2D eigenvalue weighted by molar-refractivity contribution is 0.0120. The predicted molar refractivity (Wildman–Crippen MR) is 112 cm³/mol. The van der Waals surface area contributed by atoms with Gasteiger partial charge in [-0.15, -0.1) is 0 Å². The van der Waals surface area contributed by atoms with Gasteiger partial charge in [0.05, 0.1) is 24.0 Å². The summed E-state index contributed by atoms with van der Waals surface area (Å²) < 4.78 is 34.5. The van der Waals surface area contributed by atoms with E-state index in [-0.39, 0.29) is 19.1 Å². The Labute approximate surface area is 180 Å². The predicted octanol–water partition coefficient (Wildman–Crippen LogP) is 3.75. The Balaban J connectivity index is 1.17. The topological polar surface area (TPSA) is 50.6 Å². The van der Waals surface area contributed by atoms with Gasteiger partial charge in [-0.1, -0.05) is 6.42 Å². The van der Waals surface area contributed by atoms with E-state index < -0.39 is 18.4 Å². The fourth-order valence-electron chi connectivity index (χ4n) is 4.65. The van der Waals surface area contributed by atoms with Gasteiger partial charge in [0.1, 0.15) is 11.9 Å². The first-order valence-electron chi connectivity index (χ1n) is 11.2. The van der Waals surface area contributed by atoms with E-state index in [2.05, 4.69) is 10.00 Å². The number of nitrogens with zero attached hydrogens (tertiary/aromatic N) is 4. The molecule has 0 spiro atoms. The summed E-state index contributed by atoms with van der Waals surface area (Å²) in [5, 5.41) is 4.23. The second kappa shape index (κ2) is 8.22. The van der Waals surface area contributed by atoms with Crippen molar-refractivity contribution < 1.29 is 18.3 Å². The molecule has 5 rings (SSSR count). The molecule has 8 heteroatoms. The number of halogens is 2. The standard InChI is InChI=1S/C23H28F2N4O2/c24-23(25)10-13-28(16-23)22(30)17-14-26-29(15-17)19-4-6-20(7-5-19)31-21-8-11-27(12-9-21)18-2-1-3-18/h4-7,14-15,18,21H,1-3,8-13,16H2. The SMILES string of the molecule is O=C(c1cnn(-c2ccc(OC3CCN(C4CCC4)CC3)cc2)c1)N1CCC(F)(F)C1. The zero-order chi connectivity index (χ0) is 21.4. The first-order chi connectivity index (χ1) is 15.0. The summed E-state index contributed by atoms with van der Waals surface area (Å²) in [6.45, 7) is 1.77. The van der Waals surface area contributed by atoms with Gasteiger partial charge >= 0.3 is 0 Å². The fraction of sp³-hybridized carbons (Fsp3) is 0.565. The Morgan fingerprint density at radius 2 is 1.81 bits per heavy atom. The molecule has 1 amide bonds. The summed E-state index contributed by atoms with van der Waals surface area (Å²) >= 11 is 0. The lowest BCUT2D eigenvalue weighted by atomic mass is 9.90. The fourth-order valence-corrected chi connectivity index (χ4v) is 4.65. The van der Waals surface area contributed by atoms with E-state index in [1.807, 2.05) is 24.3 Å². The monoisotopic (exact) mass is 430 g/mol. The summed E-state index contributed by atoms with van der Waals surface area (Å²) in [6.07, 6.45) is 9.15. The van der Waals surface area contributed by atoms with E-state index in [4.69, 9.17) is 4.74 Å². The highest BCUT2D eigenvalue weighted by Crippen LogP contribution is 2.29. The van der Waals surface area contributed by atoms with Crippen LogP contribution in [0.5, 0.6) is 5.75 Å². The Kier molecular flexibility index (Phi) is 5.42. The van der Waals surface area contributed by atoms with Crippen molar-refractivity contribution >= 4 is 5.91 Å². The molecule has 1 saturated carbocycles. The molecule has 0 atom stereocenters. The Hall–Kier alpha value is -2.48. The van der Waals surface area contributed by atoms with Gasteiger partial charge in [0.25, 0.3) is 11.8 Å². The first kappa shape index (κ1) is 20.4. The van der Waals surface area contributed by atoms with Crippen LogP contribution in [-0.4, -0.2) is 69.7 Å². The molecular weight excluding hydrogens is 402 g/mol. The van der Waals surface area contributed by atoms with Gasteiger partial charge in [-0.25, -0.2) is 13.5 Å². The summed E-state index contributed by atoms with van der Waals surface area (Å²) in [7, 11) is 0. The number of benzene rings is 1. The minimum absolute atomic E-state index is 0.0721. The Morgan fingerprint density at radius 3 is 2.42 bits per heavy atom. The van der Waals surface area contributed by atoms with Crippen molar-refractivity contribution in [3.05, 3.63) is 42.2 Å². The summed E-state index contributed by atoms with van der Waals surface area (Å²) in [5.41, 5.74) is 1.11. The smallest absolute Gasteiger partial charge is 0.267 e. The number of alkyl halides is 2. The third kappa shape index (κ3) is 4.44. The zero-order valence-electron chi connectivity index (χ0n) is 17.6. The van der Waals surface area contributed by atoms with Crippen LogP contribution in [0.25, 0.3) is 5.69 Å². The van der Waals surface area contributed by atoms with Crippen molar-refractivity contribution in [1.29, 1.82) is 0 Å². The Bertz CT molecular complexity index is 918. The van der Waals surface area contributed by atoms with E-state index in [1.54, 1.807) is 10.9 Å². The molecule has 1 aromatic carbocycles. The number of piperidine rings is 1. The van der Waals surface area contributed by atoms with Crippen LogP contribution in [0.2, 0.25) is 0 Å². The molecule has 166 valence electrons. The van der Waals surface area contributed by atoms with Gasteiger partial charge in [0, 0.05) is 38.3 Å². The first-order valence-corrected chi connectivity index (χ1v) is 11.2. The largest absolute Gasteiger partial charge is 0.490 e. The van der Waals surface area contributed by atoms with Crippen LogP contribution < -0.4 is 4.74 Å². The van der Waals surface area contributed by atoms with Crippen LogP contribution in [0.15, 0.2) is 36.7 Å². The van der Waals surface area contributed by atoms with Crippen molar-refractivity contribution in [1.82, 2.24) is 19.6 Å². The van der Waals surface area contributed by atoms with Gasteiger partial charge in [-0.05, 0) is 49.9 Å². The third-order valence-electron chi connectivity index (χ3n) is 6.76. The number of hydrogen-bond acceptors (Lipinski definition) is 4. The zero-order valence-corrected chi connectivity index (χ0v) is 17.6. The quantitative estimate of drug-likeness (QED) is 0.725. The van der Waals surface area contributed by atoms with Crippen molar-refractivity contribution in [3.8, 4) is 11.4 Å². The van der Waals surface area contributed by atoms with Gasteiger partial charge < -0.3 is 14.5 Å². The van der Waals surface area contributed by atoms with Crippen LogP contribution in [-0.2, 0) is 0 Å². The average molecular weight is 430 g/mol. The number of hydrogen-bond donors (Lipinski definition) is 0. The molecule has 3 fully saturated rings. The second-order valence-corrected chi connectivity index (χ2v) is 8.94. The molecular formula is C23H28F2N4O2. The third-order valence-corrected chi connectivity index (χ3v) is 6.76. The number of carbonyl (C=O) groups excluding carboxylic acids is 1. The number of likely N-dealkylation sites (tertiary alicyclic amines) is 2. The molecule has 0 unspecified atom stereocenters. The van der Waals surface area contributed by atoms with Gasteiger partial charge in [0.2, 0.25) is 0 Å². The molecule has 0 N–H and O–H groups in total. The molecule has 3 aliphatic rings. The molecule has 2 saturated heterocycles. The number of ether oxygens (including phenoxy) is 1. The molecule has 1 aromatic heterocycles. The van der Waals surface area contributed by atoms with Crippen LogP contribution in [0.3, 0.4) is 0 Å². The van der Waals surface area contributed by atoms with E-state index >= 15 is 0 Å². The molecule has 31 heavy (non-hydrogen) atoms. The number of rotatable bonds is 5. The van der Waals surface area contributed by atoms with Crippen LogP contribution in [0.4, 0.5) is 8.78 Å². The van der Waals surface area contributed by atoms with Crippen molar-refractivity contribution in [2.75, 3.05) is 26.2 Å². The van der Waals surface area contributed by atoms with Crippen LogP contribution >= 0.6 is 0 Å². The second-order valence-electron chi connectivity index (χ2n) is 8.94. The molecule has 1 aliphatic carbocycles. The van der Waals surface area contributed by atoms with Crippen molar-refractivity contribution in [2.45, 2.75) is 56.6 Å². The van der Waals surface area contributed by atoms with Gasteiger partial charge in [-0.2, -0.15) is 5.10 Å². The molecule has 3 heterocycles. The maximum absolute atomic E-state index is 13.4. The molecule has 6 nitrogen and oxygen atoms in total. The highest BCUT2D eigenvalue weighted by Gasteiger charge is 2.40. The minimum Gasteiger partial charge on any atom is -0.490 e. The highest BCUT2D eigenvalue weighted by atomic mass is 19.3. The molecule has 2 aliphatic heterocycles. The summed E-state index contributed by atoms with van der Waals surface area (Å²) in [5.74, 6) is -2.37. The summed E-state index contributed by atoms with van der Waals surface area (Å²) in [4.78, 5) is 16.3. The van der Waals surface area contributed by atoms with E-state index in [0.717, 1.165) is 43.4 Å². The maximum atomic E-state index is 13.4. The molecule has 0 bridgehead atoms. The van der Waals surface area contributed by atoms with Crippen LogP contribution in [0.1, 0.15) is 48.9 Å².